The summed E-state index contributed by atoms with van der Waals surface area (Å²) in [7, 11) is 0. The molecular weight excluding hydrogens is 653 g/mol. The second-order valence-electron chi connectivity index (χ2n) is 13.2. The summed E-state index contributed by atoms with van der Waals surface area (Å²) < 4.78 is 4.76. The van der Waals surface area contributed by atoms with Crippen LogP contribution in [0.3, 0.4) is 0 Å². The molecule has 11 aromatic rings. The molecule has 0 radical (unpaired) electrons. The summed E-state index contributed by atoms with van der Waals surface area (Å²) in [5.74, 6) is 1.63. The SMILES string of the molecule is c1ccc(-c2nc(-c3ccc(-c4ccc5c6ccccc6n(-c6ccccn6)c5c4)cc3)nc3c2ccc2sc4cc5ccccc5cc4c23)cc1. The van der Waals surface area contributed by atoms with Crippen molar-refractivity contribution in [3.05, 3.63) is 170 Å². The zero-order valence-electron chi connectivity index (χ0n) is 27.9. The van der Waals surface area contributed by atoms with E-state index in [4.69, 9.17) is 15.0 Å². The first-order valence-corrected chi connectivity index (χ1v) is 18.3. The number of fused-ring (bicyclic) bond motifs is 9. The Morgan fingerprint density at radius 2 is 1.15 bits per heavy atom. The van der Waals surface area contributed by atoms with Gasteiger partial charge in [-0.05, 0) is 70.4 Å². The average molecular weight is 681 g/mol. The molecule has 4 nitrogen and oxygen atoms in total. The largest absolute Gasteiger partial charge is 0.294 e. The van der Waals surface area contributed by atoms with Gasteiger partial charge >= 0.3 is 0 Å². The van der Waals surface area contributed by atoms with Crippen molar-refractivity contribution >= 4 is 75.0 Å². The molecule has 0 unspecified atom stereocenters. The summed E-state index contributed by atoms with van der Waals surface area (Å²) in [6.45, 7) is 0. The smallest absolute Gasteiger partial charge is 0.160 e. The van der Waals surface area contributed by atoms with Crippen LogP contribution in [-0.4, -0.2) is 19.5 Å². The molecular formula is C47H28N4S. The molecule has 0 amide bonds. The van der Waals surface area contributed by atoms with Crippen molar-refractivity contribution < 1.29 is 0 Å². The number of hydrogen-bond acceptors (Lipinski definition) is 4. The van der Waals surface area contributed by atoms with Crippen molar-refractivity contribution in [2.24, 2.45) is 0 Å². The highest BCUT2D eigenvalue weighted by Crippen LogP contribution is 2.42. The Morgan fingerprint density at radius 1 is 0.442 bits per heavy atom. The molecule has 0 fully saturated rings. The van der Waals surface area contributed by atoms with Crippen LogP contribution in [0.4, 0.5) is 0 Å². The van der Waals surface area contributed by atoms with E-state index in [0.717, 1.165) is 61.5 Å². The predicted molar refractivity (Wildman–Crippen MR) is 218 cm³/mol. The van der Waals surface area contributed by atoms with Gasteiger partial charge in [0.2, 0.25) is 0 Å². The molecule has 0 aliphatic rings. The van der Waals surface area contributed by atoms with E-state index < -0.39 is 0 Å². The summed E-state index contributed by atoms with van der Waals surface area (Å²) in [6.07, 6.45) is 1.85. The molecule has 0 bridgehead atoms. The van der Waals surface area contributed by atoms with Crippen LogP contribution in [-0.2, 0) is 0 Å². The van der Waals surface area contributed by atoms with E-state index in [1.807, 2.05) is 29.7 Å². The van der Waals surface area contributed by atoms with Crippen molar-refractivity contribution in [3.63, 3.8) is 0 Å². The van der Waals surface area contributed by atoms with E-state index in [2.05, 4.69) is 156 Å². The van der Waals surface area contributed by atoms with Gasteiger partial charge in [-0.2, -0.15) is 0 Å². The minimum atomic E-state index is 0.719. The van der Waals surface area contributed by atoms with Crippen LogP contribution in [0.5, 0.6) is 0 Å². The minimum absolute atomic E-state index is 0.719. The van der Waals surface area contributed by atoms with Gasteiger partial charge in [-0.1, -0.05) is 115 Å². The van der Waals surface area contributed by atoms with Crippen molar-refractivity contribution in [3.8, 4) is 39.6 Å². The lowest BCUT2D eigenvalue weighted by Crippen LogP contribution is -1.96. The lowest BCUT2D eigenvalue weighted by Gasteiger charge is -2.11. The van der Waals surface area contributed by atoms with Crippen LogP contribution < -0.4 is 0 Å². The van der Waals surface area contributed by atoms with Gasteiger partial charge in [-0.3, -0.25) is 4.57 Å². The molecule has 0 spiro atoms. The van der Waals surface area contributed by atoms with E-state index in [1.165, 1.54) is 41.7 Å². The van der Waals surface area contributed by atoms with Crippen molar-refractivity contribution in [2.45, 2.75) is 0 Å². The second kappa shape index (κ2) is 11.4. The molecule has 242 valence electrons. The fraction of sp³-hybridized carbons (Fsp3) is 0. The normalized spacial score (nSPS) is 11.8. The maximum atomic E-state index is 5.36. The first-order chi connectivity index (χ1) is 25.8. The molecule has 0 atom stereocenters. The summed E-state index contributed by atoms with van der Waals surface area (Å²) >= 11 is 1.83. The quantitative estimate of drug-likeness (QED) is 0.186. The number of benzene rings is 7. The van der Waals surface area contributed by atoms with Crippen LogP contribution in [0, 0.1) is 0 Å². The van der Waals surface area contributed by atoms with Gasteiger partial charge in [0, 0.05) is 53.7 Å². The number of nitrogens with zero attached hydrogens (tertiary/aromatic N) is 4. The molecule has 52 heavy (non-hydrogen) atoms. The molecule has 0 N–H and O–H groups in total. The van der Waals surface area contributed by atoms with Crippen molar-refractivity contribution in [1.29, 1.82) is 0 Å². The third-order valence-corrected chi connectivity index (χ3v) is 11.4. The predicted octanol–water partition coefficient (Wildman–Crippen LogP) is 12.6. The Kier molecular flexibility index (Phi) is 6.39. The van der Waals surface area contributed by atoms with E-state index in [0.29, 0.717) is 0 Å². The van der Waals surface area contributed by atoms with Gasteiger partial charge in [-0.25, -0.2) is 15.0 Å². The van der Waals surface area contributed by atoms with E-state index in [-0.39, 0.29) is 0 Å². The van der Waals surface area contributed by atoms with E-state index in [1.54, 1.807) is 0 Å². The van der Waals surface area contributed by atoms with Gasteiger partial charge < -0.3 is 0 Å². The zero-order valence-corrected chi connectivity index (χ0v) is 28.7. The van der Waals surface area contributed by atoms with Gasteiger partial charge in [0.25, 0.3) is 0 Å². The number of para-hydroxylation sites is 1. The maximum Gasteiger partial charge on any atom is 0.160 e. The average Bonchev–Trinajstić information content (AvgIpc) is 3.75. The number of pyridine rings is 1. The molecule has 0 saturated carbocycles. The van der Waals surface area contributed by atoms with E-state index in [9.17, 15) is 0 Å². The second-order valence-corrected chi connectivity index (χ2v) is 14.3. The Morgan fingerprint density at radius 3 is 2.00 bits per heavy atom. The van der Waals surface area contributed by atoms with Crippen LogP contribution in [0.15, 0.2) is 170 Å². The number of aromatic nitrogens is 4. The topological polar surface area (TPSA) is 43.6 Å². The number of thiophene rings is 1. The van der Waals surface area contributed by atoms with Gasteiger partial charge in [0.15, 0.2) is 5.82 Å². The zero-order chi connectivity index (χ0) is 34.2. The fourth-order valence-electron chi connectivity index (χ4n) is 7.78. The molecule has 5 heteroatoms. The van der Waals surface area contributed by atoms with Gasteiger partial charge in [0.1, 0.15) is 5.82 Å². The van der Waals surface area contributed by atoms with Crippen LogP contribution in [0.25, 0.3) is 103 Å². The maximum absolute atomic E-state index is 5.36. The highest BCUT2D eigenvalue weighted by molar-refractivity contribution is 7.26. The molecule has 4 aromatic heterocycles. The summed E-state index contributed by atoms with van der Waals surface area (Å²) in [6, 6.07) is 58.2. The monoisotopic (exact) mass is 680 g/mol. The summed E-state index contributed by atoms with van der Waals surface area (Å²) in [4.78, 5) is 15.3. The summed E-state index contributed by atoms with van der Waals surface area (Å²) in [5.41, 5.74) is 8.54. The fourth-order valence-corrected chi connectivity index (χ4v) is 8.92. The molecule has 4 heterocycles. The Labute approximate surface area is 302 Å². The summed E-state index contributed by atoms with van der Waals surface area (Å²) in [5, 5.41) is 8.40. The van der Waals surface area contributed by atoms with Crippen LogP contribution >= 0.6 is 11.3 Å². The third-order valence-electron chi connectivity index (χ3n) is 10.2. The lowest BCUT2D eigenvalue weighted by molar-refractivity contribution is 1.08. The van der Waals surface area contributed by atoms with Crippen molar-refractivity contribution in [2.75, 3.05) is 0 Å². The third kappa shape index (κ3) is 4.50. The Balaban J connectivity index is 1.08. The molecule has 11 rings (SSSR count). The highest BCUT2D eigenvalue weighted by atomic mass is 32.1. The van der Waals surface area contributed by atoms with Gasteiger partial charge in [0.05, 0.1) is 22.2 Å². The highest BCUT2D eigenvalue weighted by Gasteiger charge is 2.18. The lowest BCUT2D eigenvalue weighted by atomic mass is 10.00. The minimum Gasteiger partial charge on any atom is -0.294 e. The molecule has 0 aliphatic carbocycles. The van der Waals surface area contributed by atoms with Crippen LogP contribution in [0.1, 0.15) is 0 Å². The Bertz CT molecular complexity index is 3160. The first-order valence-electron chi connectivity index (χ1n) is 17.4. The molecule has 0 aliphatic heterocycles. The Hall–Kier alpha value is -6.69. The first kappa shape index (κ1) is 29.1. The van der Waals surface area contributed by atoms with Crippen molar-refractivity contribution in [1.82, 2.24) is 19.5 Å². The standard InChI is InChI=1S/C47H28N4S/c1-2-10-30(11-3-1)45-37-23-24-41-44(38-26-32-12-4-5-13-33(32)28-42(38)52-41)46(37)50-47(49-45)31-19-17-29(18-20-31)34-21-22-36-35-14-6-7-15-39(35)51(40(36)27-34)43-16-8-9-25-48-43/h1-28H. The van der Waals surface area contributed by atoms with E-state index >= 15 is 0 Å². The molecule has 0 saturated heterocycles. The van der Waals surface area contributed by atoms with Gasteiger partial charge in [-0.15, -0.1) is 11.3 Å². The van der Waals surface area contributed by atoms with Crippen LogP contribution in [0.2, 0.25) is 0 Å². The number of hydrogen-bond donors (Lipinski definition) is 0. The number of rotatable bonds is 4. The molecule has 7 aromatic carbocycles.